The van der Waals surface area contributed by atoms with Crippen molar-refractivity contribution in [1.29, 1.82) is 0 Å². The Balaban J connectivity index is 4.81. The van der Waals surface area contributed by atoms with E-state index in [9.17, 15) is 0 Å². The molecule has 0 aliphatic carbocycles. The van der Waals surface area contributed by atoms with Crippen LogP contribution in [0.4, 0.5) is 0 Å². The third-order valence-electron chi connectivity index (χ3n) is 2.22. The van der Waals surface area contributed by atoms with E-state index in [-0.39, 0.29) is 0 Å². The van der Waals surface area contributed by atoms with Crippen molar-refractivity contribution < 1.29 is 0 Å². The number of hydrogen-bond acceptors (Lipinski definition) is 0. The van der Waals surface area contributed by atoms with Gasteiger partial charge in [-0.2, -0.15) is 0 Å². The fraction of sp³-hybridized carbons (Fsp3) is 1.00. The minimum atomic E-state index is -0.574. The summed E-state index contributed by atoms with van der Waals surface area (Å²) >= 11 is 0. The third-order valence-corrected chi connectivity index (χ3v) is 34.8. The SMILES string of the molecule is CCP(P(CC)[P+](C)(C)C)[P+](C)(C)C. The Hall–Kier alpha value is 1.72. The first-order chi connectivity index (χ1) is 6.14. The molecule has 0 nitrogen and oxygen atoms in total. The van der Waals surface area contributed by atoms with E-state index in [0.717, 1.165) is 0 Å². The molecule has 0 aliphatic rings. The minimum Gasteiger partial charge on any atom is -0.0576 e. The summed E-state index contributed by atoms with van der Waals surface area (Å²) in [4.78, 5) is 0. The van der Waals surface area contributed by atoms with Gasteiger partial charge in [0.1, 0.15) is 14.6 Å². The molecule has 0 aromatic heterocycles. The Morgan fingerprint density at radius 2 is 0.857 bits per heavy atom. The van der Waals surface area contributed by atoms with E-state index in [0.29, 0.717) is 14.6 Å². The first kappa shape index (κ1) is 15.7. The zero-order valence-electron chi connectivity index (χ0n) is 11.2. The standard InChI is InChI=1S/C10H28P4/c1-9-11(13(3,4)5)12(10-2)14(6,7)8/h9-10H2,1-8H3/q+2. The predicted octanol–water partition coefficient (Wildman–Crippen LogP) is 5.55. The van der Waals surface area contributed by atoms with Crippen molar-refractivity contribution in [3.63, 3.8) is 0 Å². The monoisotopic (exact) mass is 272 g/mol. The smallest absolute Gasteiger partial charge is 0.0576 e. The molecule has 0 amide bonds. The van der Waals surface area contributed by atoms with Crippen LogP contribution < -0.4 is 0 Å². The Bertz CT molecular complexity index is 146. The van der Waals surface area contributed by atoms with Crippen molar-refractivity contribution in [3.05, 3.63) is 0 Å². The Morgan fingerprint density at radius 1 is 0.643 bits per heavy atom. The summed E-state index contributed by atoms with van der Waals surface area (Å²) in [6.45, 7) is 19.1. The van der Waals surface area contributed by atoms with Crippen molar-refractivity contribution in [3.8, 4) is 0 Å². The van der Waals surface area contributed by atoms with Gasteiger partial charge in [0.15, 0.2) is 0 Å². The molecule has 0 rings (SSSR count). The molecule has 0 N–H and O–H groups in total. The van der Waals surface area contributed by atoms with Crippen LogP contribution in [0.5, 0.6) is 0 Å². The summed E-state index contributed by atoms with van der Waals surface area (Å²) in [6.07, 6.45) is 2.95. The topological polar surface area (TPSA) is 0 Å². The van der Waals surface area contributed by atoms with Crippen LogP contribution in [0.15, 0.2) is 0 Å². The Morgan fingerprint density at radius 3 is 0.929 bits per heavy atom. The summed E-state index contributed by atoms with van der Waals surface area (Å²) < 4.78 is 0. The number of rotatable bonds is 5. The molecule has 0 heterocycles. The predicted molar refractivity (Wildman–Crippen MR) is 84.3 cm³/mol. The van der Waals surface area contributed by atoms with Gasteiger partial charge in [0, 0.05) is 26.2 Å². The van der Waals surface area contributed by atoms with Gasteiger partial charge in [-0.25, -0.2) is 0 Å². The van der Waals surface area contributed by atoms with Gasteiger partial charge in [-0.1, -0.05) is 13.8 Å². The van der Waals surface area contributed by atoms with Crippen LogP contribution in [0.1, 0.15) is 13.8 Å². The van der Waals surface area contributed by atoms with Crippen molar-refractivity contribution in [1.82, 2.24) is 0 Å². The van der Waals surface area contributed by atoms with E-state index in [1.165, 1.54) is 12.3 Å². The second kappa shape index (κ2) is 5.87. The van der Waals surface area contributed by atoms with Gasteiger partial charge in [-0.3, -0.25) is 0 Å². The van der Waals surface area contributed by atoms with E-state index in [1.54, 1.807) is 0 Å². The molecule has 2 atom stereocenters. The normalized spacial score (nSPS) is 18.0. The fourth-order valence-corrected chi connectivity index (χ4v) is 42.5. The van der Waals surface area contributed by atoms with Gasteiger partial charge in [-0.05, 0) is 0 Å². The fourth-order valence-electron chi connectivity index (χ4n) is 1.79. The Labute approximate surface area is 94.9 Å². The van der Waals surface area contributed by atoms with Crippen molar-refractivity contribution in [2.45, 2.75) is 13.8 Å². The molecule has 0 radical (unpaired) electrons. The van der Waals surface area contributed by atoms with Gasteiger partial charge in [-0.15, -0.1) is 0 Å². The van der Waals surface area contributed by atoms with Gasteiger partial charge >= 0.3 is 0 Å². The maximum absolute atomic E-state index is 2.56. The van der Waals surface area contributed by atoms with E-state index >= 15 is 0 Å². The highest BCUT2D eigenvalue weighted by Gasteiger charge is 2.46. The van der Waals surface area contributed by atoms with Crippen LogP contribution in [0, 0.1) is 0 Å². The van der Waals surface area contributed by atoms with E-state index in [2.05, 4.69) is 53.8 Å². The lowest BCUT2D eigenvalue weighted by molar-refractivity contribution is 1.51. The molecule has 0 aromatic carbocycles. The average Bonchev–Trinajstić information content (AvgIpc) is 1.94. The lowest BCUT2D eigenvalue weighted by Crippen LogP contribution is -1.92. The van der Waals surface area contributed by atoms with E-state index in [4.69, 9.17) is 0 Å². The van der Waals surface area contributed by atoms with Gasteiger partial charge in [0.25, 0.3) is 0 Å². The highest BCUT2D eigenvalue weighted by Crippen LogP contribution is 3.03. The van der Waals surface area contributed by atoms with Gasteiger partial charge < -0.3 is 0 Å². The lowest BCUT2D eigenvalue weighted by Gasteiger charge is -2.32. The van der Waals surface area contributed by atoms with Crippen molar-refractivity contribution in [2.24, 2.45) is 0 Å². The molecule has 86 valence electrons. The molecule has 0 spiro atoms. The maximum atomic E-state index is 2.56. The zero-order chi connectivity index (χ0) is 11.6. The molecule has 0 aromatic rings. The molecule has 4 heteroatoms. The maximum Gasteiger partial charge on any atom is 0.118 e. The highest BCUT2D eigenvalue weighted by atomic mass is 32.7. The second-order valence-electron chi connectivity index (χ2n) is 5.26. The molecule has 0 bridgehead atoms. The summed E-state index contributed by atoms with van der Waals surface area (Å²) in [5.41, 5.74) is 0. The van der Waals surface area contributed by atoms with E-state index < -0.39 is 13.9 Å². The first-order valence-corrected chi connectivity index (χ1v) is 16.8. The Kier molecular flexibility index (Phi) is 6.60. The highest BCUT2D eigenvalue weighted by molar-refractivity contribution is 8.81. The summed E-state index contributed by atoms with van der Waals surface area (Å²) in [5.74, 6) is 0. The molecule has 2 unspecified atom stereocenters. The molecule has 0 saturated carbocycles. The van der Waals surface area contributed by atoms with Crippen LogP contribution in [0.3, 0.4) is 0 Å². The van der Waals surface area contributed by atoms with Crippen LogP contribution in [0.25, 0.3) is 0 Å². The molecular weight excluding hydrogens is 244 g/mol. The summed E-state index contributed by atoms with van der Waals surface area (Å²) in [5, 5.41) is 0. The van der Waals surface area contributed by atoms with Crippen LogP contribution in [-0.4, -0.2) is 52.3 Å². The van der Waals surface area contributed by atoms with Crippen LogP contribution >= 0.6 is 28.5 Å². The molecule has 0 saturated heterocycles. The van der Waals surface area contributed by atoms with E-state index in [1.807, 2.05) is 0 Å². The molecule has 14 heavy (non-hydrogen) atoms. The average molecular weight is 272 g/mol. The molecular formula is C10H28P4+2. The number of hydrogen-bond donors (Lipinski definition) is 0. The molecule has 0 aliphatic heterocycles. The largest absolute Gasteiger partial charge is 0.118 e. The first-order valence-electron chi connectivity index (χ1n) is 5.33. The minimum absolute atomic E-state index is 0.374. The van der Waals surface area contributed by atoms with Crippen LogP contribution in [0.2, 0.25) is 0 Å². The lowest BCUT2D eigenvalue weighted by atomic mass is 11.0. The summed E-state index contributed by atoms with van der Waals surface area (Å²) in [7, 11) is 0.748. The summed E-state index contributed by atoms with van der Waals surface area (Å²) in [6, 6.07) is 0. The van der Waals surface area contributed by atoms with Gasteiger partial charge in [0.2, 0.25) is 0 Å². The second-order valence-corrected chi connectivity index (χ2v) is 30.7. The molecule has 0 fully saturated rings. The van der Waals surface area contributed by atoms with Crippen molar-refractivity contribution >= 4 is 28.5 Å². The van der Waals surface area contributed by atoms with Crippen molar-refractivity contribution in [2.75, 3.05) is 52.3 Å². The quantitative estimate of drug-likeness (QED) is 0.576. The van der Waals surface area contributed by atoms with Crippen LogP contribution in [-0.2, 0) is 0 Å². The zero-order valence-corrected chi connectivity index (χ0v) is 14.8. The van der Waals surface area contributed by atoms with Gasteiger partial charge in [0.05, 0.1) is 40.0 Å². The third kappa shape index (κ3) is 4.71.